The Morgan fingerprint density at radius 2 is 2.24 bits per heavy atom. The monoisotopic (exact) mass is 288 g/mol. The summed E-state index contributed by atoms with van der Waals surface area (Å²) in [4.78, 5) is 14.2. The van der Waals surface area contributed by atoms with Gasteiger partial charge < -0.3 is 15.7 Å². The first kappa shape index (κ1) is 14.3. The van der Waals surface area contributed by atoms with Gasteiger partial charge in [-0.25, -0.2) is 4.98 Å². The molecule has 8 nitrogen and oxygen atoms in total. The van der Waals surface area contributed by atoms with E-state index in [4.69, 9.17) is 15.7 Å². The summed E-state index contributed by atoms with van der Waals surface area (Å²) in [6.45, 7) is 1.68. The molecule has 8 heteroatoms. The van der Waals surface area contributed by atoms with Crippen LogP contribution in [0.2, 0.25) is 0 Å². The quantitative estimate of drug-likeness (QED) is 0.292. The Bertz CT molecular complexity index is 715. The van der Waals surface area contributed by atoms with E-state index < -0.39 is 4.92 Å². The molecule has 1 heterocycles. The topological polar surface area (TPSA) is 124 Å². The largest absolute Gasteiger partial charge is 0.438 e. The Labute approximate surface area is 119 Å². The second kappa shape index (κ2) is 5.87. The fourth-order valence-electron chi connectivity index (χ4n) is 1.69. The van der Waals surface area contributed by atoms with Crippen LogP contribution in [0.1, 0.15) is 11.1 Å². The lowest BCUT2D eigenvalue weighted by Crippen LogP contribution is -2.14. The van der Waals surface area contributed by atoms with Gasteiger partial charge in [-0.2, -0.15) is 0 Å². The number of hydrogen-bond acceptors (Lipinski definition) is 6. The van der Waals surface area contributed by atoms with Crippen LogP contribution in [-0.2, 0) is 0 Å². The summed E-state index contributed by atoms with van der Waals surface area (Å²) < 4.78 is 5.59. The van der Waals surface area contributed by atoms with E-state index in [1.165, 1.54) is 24.4 Å². The standard InChI is InChI=1S/C13H12N4O4/c1-8-7-9(17(19)20)4-5-11(8)21-13-10(12(14)16-18)3-2-6-15-13/h2-7,18H,1H3,(H2,14,16). The van der Waals surface area contributed by atoms with Gasteiger partial charge in [-0.15, -0.1) is 0 Å². The molecule has 0 aliphatic heterocycles. The summed E-state index contributed by atoms with van der Waals surface area (Å²) in [5, 5.41) is 22.3. The van der Waals surface area contributed by atoms with Gasteiger partial charge in [-0.3, -0.25) is 10.1 Å². The zero-order chi connectivity index (χ0) is 15.4. The zero-order valence-electron chi connectivity index (χ0n) is 11.1. The minimum absolute atomic E-state index is 0.0301. The molecule has 0 aliphatic carbocycles. The van der Waals surface area contributed by atoms with Gasteiger partial charge >= 0.3 is 0 Å². The van der Waals surface area contributed by atoms with Crippen molar-refractivity contribution in [1.29, 1.82) is 0 Å². The molecule has 2 rings (SSSR count). The van der Waals surface area contributed by atoms with Crippen LogP contribution in [0.5, 0.6) is 11.6 Å². The molecule has 1 aromatic carbocycles. The average molecular weight is 288 g/mol. The zero-order valence-corrected chi connectivity index (χ0v) is 11.1. The number of aryl methyl sites for hydroxylation is 1. The Kier molecular flexibility index (Phi) is 3.98. The number of non-ortho nitro benzene ring substituents is 1. The van der Waals surface area contributed by atoms with E-state index >= 15 is 0 Å². The van der Waals surface area contributed by atoms with E-state index in [1.54, 1.807) is 19.1 Å². The van der Waals surface area contributed by atoms with Crippen LogP contribution < -0.4 is 10.5 Å². The third-order valence-corrected chi connectivity index (χ3v) is 2.73. The minimum Gasteiger partial charge on any atom is -0.438 e. The average Bonchev–Trinajstić information content (AvgIpc) is 2.49. The van der Waals surface area contributed by atoms with Crippen LogP contribution in [0.3, 0.4) is 0 Å². The van der Waals surface area contributed by atoms with Gasteiger partial charge in [0.25, 0.3) is 5.69 Å². The Hall–Kier alpha value is -3.16. The molecule has 0 spiro atoms. The number of rotatable bonds is 4. The molecular weight excluding hydrogens is 276 g/mol. The second-order valence-electron chi connectivity index (χ2n) is 4.15. The molecule has 0 saturated heterocycles. The van der Waals surface area contributed by atoms with Gasteiger partial charge in [0, 0.05) is 18.3 Å². The summed E-state index contributed by atoms with van der Waals surface area (Å²) in [6.07, 6.45) is 1.49. The number of nitro groups is 1. The lowest BCUT2D eigenvalue weighted by Gasteiger charge is -2.10. The van der Waals surface area contributed by atoms with Gasteiger partial charge in [-0.05, 0) is 30.7 Å². The van der Waals surface area contributed by atoms with Gasteiger partial charge in [0.05, 0.1) is 10.5 Å². The number of nitro benzene ring substituents is 1. The predicted molar refractivity (Wildman–Crippen MR) is 74.7 cm³/mol. The summed E-state index contributed by atoms with van der Waals surface area (Å²) in [5.74, 6) is 0.397. The molecule has 0 amide bonds. The maximum absolute atomic E-state index is 10.7. The van der Waals surface area contributed by atoms with E-state index in [1.807, 2.05) is 0 Å². The molecule has 0 atom stereocenters. The van der Waals surface area contributed by atoms with Crippen LogP contribution in [0.15, 0.2) is 41.7 Å². The number of hydrogen-bond donors (Lipinski definition) is 2. The van der Waals surface area contributed by atoms with E-state index in [-0.39, 0.29) is 17.4 Å². The number of benzene rings is 1. The van der Waals surface area contributed by atoms with Gasteiger partial charge in [0.2, 0.25) is 5.88 Å². The molecule has 0 bridgehead atoms. The molecule has 0 unspecified atom stereocenters. The first-order valence-corrected chi connectivity index (χ1v) is 5.88. The molecule has 1 aromatic heterocycles. The third-order valence-electron chi connectivity index (χ3n) is 2.73. The van der Waals surface area contributed by atoms with Gasteiger partial charge in [-0.1, -0.05) is 5.16 Å². The summed E-state index contributed by atoms with van der Waals surface area (Å²) in [7, 11) is 0. The SMILES string of the molecule is Cc1cc([N+](=O)[O-])ccc1Oc1ncccc1/C(N)=N/O. The third kappa shape index (κ3) is 3.06. The highest BCUT2D eigenvalue weighted by Gasteiger charge is 2.13. The predicted octanol–water partition coefficient (Wildman–Crippen LogP) is 2.19. The first-order chi connectivity index (χ1) is 10.0. The smallest absolute Gasteiger partial charge is 0.269 e. The molecule has 2 aromatic rings. The molecule has 0 radical (unpaired) electrons. The molecule has 0 saturated carbocycles. The van der Waals surface area contributed by atoms with Gasteiger partial charge in [0.1, 0.15) is 5.75 Å². The fourth-order valence-corrected chi connectivity index (χ4v) is 1.69. The lowest BCUT2D eigenvalue weighted by atomic mass is 10.2. The van der Waals surface area contributed by atoms with Crippen molar-refractivity contribution in [3.05, 3.63) is 57.8 Å². The molecule has 108 valence electrons. The van der Waals surface area contributed by atoms with Crippen molar-refractivity contribution in [2.75, 3.05) is 0 Å². The number of nitrogens with zero attached hydrogens (tertiary/aromatic N) is 3. The van der Waals surface area contributed by atoms with Crippen molar-refractivity contribution in [3.8, 4) is 11.6 Å². The molecule has 21 heavy (non-hydrogen) atoms. The first-order valence-electron chi connectivity index (χ1n) is 5.88. The van der Waals surface area contributed by atoms with E-state index in [9.17, 15) is 10.1 Å². The maximum atomic E-state index is 10.7. The Morgan fingerprint density at radius 1 is 1.48 bits per heavy atom. The highest BCUT2D eigenvalue weighted by molar-refractivity contribution is 5.99. The number of amidine groups is 1. The van der Waals surface area contributed by atoms with Gasteiger partial charge in [0.15, 0.2) is 5.84 Å². The molecule has 0 fully saturated rings. The lowest BCUT2D eigenvalue weighted by molar-refractivity contribution is -0.384. The van der Waals surface area contributed by atoms with Crippen LogP contribution >= 0.6 is 0 Å². The summed E-state index contributed by atoms with van der Waals surface area (Å²) >= 11 is 0. The number of aromatic nitrogens is 1. The number of oxime groups is 1. The normalized spacial score (nSPS) is 11.2. The Morgan fingerprint density at radius 3 is 2.86 bits per heavy atom. The van der Waals surface area contributed by atoms with Crippen LogP contribution in [0.4, 0.5) is 5.69 Å². The van der Waals surface area contributed by atoms with Crippen molar-refractivity contribution in [3.63, 3.8) is 0 Å². The van der Waals surface area contributed by atoms with Crippen LogP contribution in [-0.4, -0.2) is 21.0 Å². The Balaban J connectivity index is 2.37. The van der Waals surface area contributed by atoms with Crippen molar-refractivity contribution in [2.24, 2.45) is 10.9 Å². The molecule has 0 aliphatic rings. The van der Waals surface area contributed by atoms with E-state index in [0.717, 1.165) is 0 Å². The van der Waals surface area contributed by atoms with Crippen LogP contribution in [0, 0.1) is 17.0 Å². The summed E-state index contributed by atoms with van der Waals surface area (Å²) in [5.41, 5.74) is 6.40. The summed E-state index contributed by atoms with van der Waals surface area (Å²) in [6, 6.07) is 7.38. The molecule has 3 N–H and O–H groups in total. The van der Waals surface area contributed by atoms with E-state index in [0.29, 0.717) is 16.9 Å². The fraction of sp³-hybridized carbons (Fsp3) is 0.0769. The molecular formula is C13H12N4O4. The second-order valence-corrected chi connectivity index (χ2v) is 4.15. The number of nitrogens with two attached hydrogens (primary N) is 1. The van der Waals surface area contributed by atoms with Crippen LogP contribution in [0.25, 0.3) is 0 Å². The highest BCUT2D eigenvalue weighted by atomic mass is 16.6. The minimum atomic E-state index is -0.487. The van der Waals surface area contributed by atoms with Crippen molar-refractivity contribution < 1.29 is 14.9 Å². The number of ether oxygens (including phenoxy) is 1. The van der Waals surface area contributed by atoms with Crippen molar-refractivity contribution >= 4 is 11.5 Å². The van der Waals surface area contributed by atoms with Crippen molar-refractivity contribution in [2.45, 2.75) is 6.92 Å². The van der Waals surface area contributed by atoms with E-state index in [2.05, 4.69) is 10.1 Å². The highest BCUT2D eigenvalue weighted by Crippen LogP contribution is 2.28. The number of pyridine rings is 1. The maximum Gasteiger partial charge on any atom is 0.269 e. The van der Waals surface area contributed by atoms with Crippen molar-refractivity contribution in [1.82, 2.24) is 4.98 Å².